The highest BCUT2D eigenvalue weighted by Gasteiger charge is 2.33. The number of nitrogens with zero attached hydrogens (tertiary/aromatic N) is 1. The highest BCUT2D eigenvalue weighted by molar-refractivity contribution is 5.86. The Kier molecular flexibility index (Phi) is 6.76. The summed E-state index contributed by atoms with van der Waals surface area (Å²) >= 11 is 0. The highest BCUT2D eigenvalue weighted by Crippen LogP contribution is 2.42. The maximum Gasteiger partial charge on any atom is 0.116 e. The van der Waals surface area contributed by atoms with Crippen molar-refractivity contribution in [2.75, 3.05) is 26.2 Å². The second-order valence-electron chi connectivity index (χ2n) is 6.71. The van der Waals surface area contributed by atoms with Gasteiger partial charge in [0, 0.05) is 32.2 Å². The summed E-state index contributed by atoms with van der Waals surface area (Å²) < 4.78 is 0. The Balaban J connectivity index is 0.00000104. The fourth-order valence-electron chi connectivity index (χ4n) is 3.93. The molecular weight excluding hydrogens is 343 g/mol. The molecule has 0 spiro atoms. The molecule has 0 aromatic heterocycles. The molecule has 1 aliphatic heterocycles. The largest absolute Gasteiger partial charge is 0.508 e. The third kappa shape index (κ3) is 3.80. The second-order valence-corrected chi connectivity index (χ2v) is 6.71. The summed E-state index contributed by atoms with van der Waals surface area (Å²) in [4.78, 5) is 2.67. The fraction of sp³-hybridized carbons (Fsp3) is 0.474. The number of rotatable bonds is 3. The predicted molar refractivity (Wildman–Crippen MR) is 105 cm³/mol. The maximum absolute atomic E-state index is 9.63. The van der Waals surface area contributed by atoms with Crippen LogP contribution in [0.25, 0.3) is 10.8 Å². The van der Waals surface area contributed by atoms with E-state index in [1.165, 1.54) is 30.2 Å². The third-order valence-corrected chi connectivity index (χ3v) is 5.33. The lowest BCUT2D eigenvalue weighted by Crippen LogP contribution is -2.47. The number of hydrogen-bond acceptors (Lipinski definition) is 3. The van der Waals surface area contributed by atoms with Gasteiger partial charge in [-0.2, -0.15) is 0 Å². The van der Waals surface area contributed by atoms with Crippen molar-refractivity contribution in [2.24, 2.45) is 5.92 Å². The quantitative estimate of drug-likeness (QED) is 0.854. The molecule has 2 N–H and O–H groups in total. The number of phenols is 1. The summed E-state index contributed by atoms with van der Waals surface area (Å²) in [5.74, 6) is 1.16. The lowest BCUT2D eigenvalue weighted by molar-refractivity contribution is 0.0838. The smallest absolute Gasteiger partial charge is 0.116 e. The van der Waals surface area contributed by atoms with E-state index in [2.05, 4.69) is 28.4 Å². The van der Waals surface area contributed by atoms with Crippen LogP contribution in [-0.4, -0.2) is 36.2 Å². The SMILES string of the molecule is Cl.Cl.Oc1ccc2cc([C@H](C3CCC3)N3CCNCC3)ccc2c1. The molecule has 1 heterocycles. The maximum atomic E-state index is 9.63. The van der Waals surface area contributed by atoms with Crippen molar-refractivity contribution in [1.82, 2.24) is 10.2 Å². The normalized spacial score (nSPS) is 19.8. The number of nitrogens with one attached hydrogen (secondary N) is 1. The van der Waals surface area contributed by atoms with E-state index in [4.69, 9.17) is 0 Å². The van der Waals surface area contributed by atoms with Crippen LogP contribution >= 0.6 is 24.8 Å². The zero-order valence-electron chi connectivity index (χ0n) is 13.8. The number of hydrogen-bond donors (Lipinski definition) is 2. The Morgan fingerprint density at radius 2 is 1.62 bits per heavy atom. The topological polar surface area (TPSA) is 35.5 Å². The molecule has 4 rings (SSSR count). The molecule has 132 valence electrons. The van der Waals surface area contributed by atoms with Gasteiger partial charge >= 0.3 is 0 Å². The van der Waals surface area contributed by atoms with Gasteiger partial charge in [0.1, 0.15) is 5.75 Å². The second kappa shape index (κ2) is 8.39. The summed E-state index contributed by atoms with van der Waals surface area (Å²) in [7, 11) is 0. The van der Waals surface area contributed by atoms with Crippen LogP contribution in [0.2, 0.25) is 0 Å². The summed E-state index contributed by atoms with van der Waals surface area (Å²) in [6, 6.07) is 13.0. The molecule has 2 aliphatic rings. The van der Waals surface area contributed by atoms with Gasteiger partial charge in [0.05, 0.1) is 0 Å². The first-order chi connectivity index (χ1) is 10.8. The van der Waals surface area contributed by atoms with E-state index < -0.39 is 0 Å². The predicted octanol–water partition coefficient (Wildman–Crippen LogP) is 4.14. The molecule has 2 aromatic carbocycles. The van der Waals surface area contributed by atoms with Gasteiger partial charge in [0.25, 0.3) is 0 Å². The minimum absolute atomic E-state index is 0. The number of aromatic hydroxyl groups is 1. The first-order valence-electron chi connectivity index (χ1n) is 8.49. The molecule has 0 radical (unpaired) electrons. The summed E-state index contributed by atoms with van der Waals surface area (Å²) in [5.41, 5.74) is 1.45. The van der Waals surface area contributed by atoms with E-state index in [9.17, 15) is 5.11 Å². The van der Waals surface area contributed by atoms with E-state index in [0.29, 0.717) is 11.8 Å². The molecule has 0 unspecified atom stereocenters. The Morgan fingerprint density at radius 3 is 2.29 bits per heavy atom. The van der Waals surface area contributed by atoms with E-state index >= 15 is 0 Å². The van der Waals surface area contributed by atoms with Crippen molar-refractivity contribution in [3.63, 3.8) is 0 Å². The first kappa shape index (κ1) is 19.3. The molecule has 5 heteroatoms. The molecule has 2 fully saturated rings. The Bertz CT molecular complexity index is 669. The van der Waals surface area contributed by atoms with Crippen LogP contribution < -0.4 is 5.32 Å². The number of benzene rings is 2. The zero-order chi connectivity index (χ0) is 14.9. The van der Waals surface area contributed by atoms with Crippen LogP contribution in [0, 0.1) is 5.92 Å². The van der Waals surface area contributed by atoms with E-state index in [1.807, 2.05) is 12.1 Å². The molecule has 0 amide bonds. The van der Waals surface area contributed by atoms with Crippen molar-refractivity contribution in [2.45, 2.75) is 25.3 Å². The highest BCUT2D eigenvalue weighted by atomic mass is 35.5. The molecular formula is C19H26Cl2N2O. The molecule has 24 heavy (non-hydrogen) atoms. The molecule has 1 saturated carbocycles. The summed E-state index contributed by atoms with van der Waals surface area (Å²) in [6.45, 7) is 4.50. The lowest BCUT2D eigenvalue weighted by Gasteiger charge is -2.43. The van der Waals surface area contributed by atoms with Crippen LogP contribution in [0.4, 0.5) is 0 Å². The number of fused-ring (bicyclic) bond motifs is 1. The van der Waals surface area contributed by atoms with Gasteiger partial charge in [0.2, 0.25) is 0 Å². The standard InChI is InChI=1S/C19H24N2O.2ClH/c22-18-7-6-15-12-17(5-4-16(15)13-18)19(14-2-1-3-14)21-10-8-20-9-11-21;;/h4-7,12-14,19-20,22H,1-3,8-11H2;2*1H/t19-;;/m0../s1. The molecule has 0 bridgehead atoms. The van der Waals surface area contributed by atoms with Crippen LogP contribution in [0.5, 0.6) is 5.75 Å². The van der Waals surface area contributed by atoms with Crippen LogP contribution in [0.1, 0.15) is 30.9 Å². The van der Waals surface area contributed by atoms with Gasteiger partial charge in [-0.15, -0.1) is 24.8 Å². The fourth-order valence-corrected chi connectivity index (χ4v) is 3.93. The van der Waals surface area contributed by atoms with Crippen molar-refractivity contribution >= 4 is 35.6 Å². The summed E-state index contributed by atoms with van der Waals surface area (Å²) in [6.07, 6.45) is 4.11. The molecule has 1 atom stereocenters. The Hall–Kier alpha value is -1.00. The van der Waals surface area contributed by atoms with Gasteiger partial charge in [-0.05, 0) is 53.3 Å². The number of phenolic OH excluding ortho intramolecular Hbond substituents is 1. The average Bonchev–Trinajstić information content (AvgIpc) is 2.51. The van der Waals surface area contributed by atoms with Gasteiger partial charge in [-0.1, -0.05) is 24.6 Å². The van der Waals surface area contributed by atoms with E-state index in [-0.39, 0.29) is 24.8 Å². The van der Waals surface area contributed by atoms with Crippen molar-refractivity contribution in [3.05, 3.63) is 42.0 Å². The van der Waals surface area contributed by atoms with Gasteiger partial charge < -0.3 is 10.4 Å². The molecule has 1 saturated heterocycles. The first-order valence-corrected chi connectivity index (χ1v) is 8.49. The minimum Gasteiger partial charge on any atom is -0.508 e. The average molecular weight is 369 g/mol. The Morgan fingerprint density at radius 1 is 0.958 bits per heavy atom. The van der Waals surface area contributed by atoms with E-state index in [0.717, 1.165) is 37.5 Å². The van der Waals surface area contributed by atoms with Crippen LogP contribution in [-0.2, 0) is 0 Å². The van der Waals surface area contributed by atoms with Crippen LogP contribution in [0.15, 0.2) is 36.4 Å². The Labute approximate surface area is 156 Å². The molecule has 3 nitrogen and oxygen atoms in total. The molecule has 1 aliphatic carbocycles. The lowest BCUT2D eigenvalue weighted by atomic mass is 9.76. The number of halogens is 2. The molecule has 2 aromatic rings. The van der Waals surface area contributed by atoms with Crippen molar-refractivity contribution < 1.29 is 5.11 Å². The number of piperazine rings is 1. The van der Waals surface area contributed by atoms with Gasteiger partial charge in [-0.25, -0.2) is 0 Å². The summed E-state index contributed by atoms with van der Waals surface area (Å²) in [5, 5.41) is 15.4. The zero-order valence-corrected chi connectivity index (χ0v) is 15.4. The monoisotopic (exact) mass is 368 g/mol. The van der Waals surface area contributed by atoms with Gasteiger partial charge in [0.15, 0.2) is 0 Å². The van der Waals surface area contributed by atoms with Gasteiger partial charge in [-0.3, -0.25) is 4.90 Å². The third-order valence-electron chi connectivity index (χ3n) is 5.33. The van der Waals surface area contributed by atoms with Crippen molar-refractivity contribution in [1.29, 1.82) is 0 Å². The van der Waals surface area contributed by atoms with Crippen molar-refractivity contribution in [3.8, 4) is 5.75 Å². The van der Waals surface area contributed by atoms with E-state index in [1.54, 1.807) is 6.07 Å². The van der Waals surface area contributed by atoms with Crippen LogP contribution in [0.3, 0.4) is 0 Å². The minimum atomic E-state index is 0.